The van der Waals surface area contributed by atoms with Crippen LogP contribution in [0.25, 0.3) is 10.9 Å². The zero-order valence-electron chi connectivity index (χ0n) is 19.2. The van der Waals surface area contributed by atoms with Gasteiger partial charge in [0, 0.05) is 17.3 Å². The Morgan fingerprint density at radius 3 is 2.58 bits per heavy atom. The van der Waals surface area contributed by atoms with Crippen LogP contribution in [0.2, 0.25) is 15.1 Å². The zero-order chi connectivity index (χ0) is 26.2. The van der Waals surface area contributed by atoms with Crippen LogP contribution in [0.15, 0.2) is 67.0 Å². The van der Waals surface area contributed by atoms with Gasteiger partial charge in [0.25, 0.3) is 0 Å². The Hall–Kier alpha value is -3.90. The third-order valence-electron chi connectivity index (χ3n) is 5.34. The van der Waals surface area contributed by atoms with E-state index >= 15 is 0 Å². The van der Waals surface area contributed by atoms with Crippen molar-refractivity contribution in [3.05, 3.63) is 105 Å². The van der Waals surface area contributed by atoms with E-state index in [1.165, 1.54) is 24.5 Å². The quantitative estimate of drug-likeness (QED) is 0.196. The molecule has 0 bridgehead atoms. The van der Waals surface area contributed by atoms with Gasteiger partial charge in [-0.2, -0.15) is 20.7 Å². The molecule has 0 radical (unpaired) electrons. The number of hydrogen-bond donors (Lipinski definition) is 3. The van der Waals surface area contributed by atoms with Crippen LogP contribution >= 0.6 is 34.8 Å². The molecule has 3 N–H and O–H groups in total. The van der Waals surface area contributed by atoms with Crippen molar-refractivity contribution in [3.63, 3.8) is 0 Å². The average Bonchev–Trinajstić information content (AvgIpc) is 3.46. The van der Waals surface area contributed by atoms with Crippen molar-refractivity contribution in [1.29, 1.82) is 5.26 Å². The van der Waals surface area contributed by atoms with Gasteiger partial charge in [-0.3, -0.25) is 4.98 Å². The van der Waals surface area contributed by atoms with Crippen LogP contribution in [0, 0.1) is 17.1 Å². The Bertz CT molecular complexity index is 1660. The first-order chi connectivity index (χ1) is 17.8. The summed E-state index contributed by atoms with van der Waals surface area (Å²) in [5.41, 5.74) is 2.11. The van der Waals surface area contributed by atoms with Crippen molar-refractivity contribution in [1.82, 2.24) is 20.4 Å². The summed E-state index contributed by atoms with van der Waals surface area (Å²) in [4.78, 5) is 4.32. The van der Waals surface area contributed by atoms with Crippen molar-refractivity contribution >= 4 is 62.8 Å². The average molecular weight is 540 g/mol. The maximum Gasteiger partial charge on any atom is 0.166 e. The van der Waals surface area contributed by atoms with E-state index in [4.69, 9.17) is 34.8 Å². The summed E-state index contributed by atoms with van der Waals surface area (Å²) in [6.45, 7) is 0. The molecule has 178 valence electrons. The lowest BCUT2D eigenvalue weighted by Gasteiger charge is -2.20. The maximum atomic E-state index is 14.9. The minimum Gasteiger partial charge on any atom is -0.373 e. The number of aromatic amines is 1. The Morgan fingerprint density at radius 1 is 1.06 bits per heavy atom. The van der Waals surface area contributed by atoms with Gasteiger partial charge in [0.1, 0.15) is 11.8 Å². The van der Waals surface area contributed by atoms with Gasteiger partial charge < -0.3 is 10.6 Å². The molecule has 2 heterocycles. The second kappa shape index (κ2) is 9.99. The highest BCUT2D eigenvalue weighted by Gasteiger charge is 2.20. The summed E-state index contributed by atoms with van der Waals surface area (Å²) >= 11 is 18.5. The largest absolute Gasteiger partial charge is 0.373 e. The van der Waals surface area contributed by atoms with E-state index in [2.05, 4.69) is 37.1 Å². The number of fused-ring (bicyclic) bond motifs is 1. The monoisotopic (exact) mass is 538 g/mol. The predicted molar refractivity (Wildman–Crippen MR) is 139 cm³/mol. The Labute approximate surface area is 221 Å². The molecule has 2 aromatic heterocycles. The highest BCUT2D eigenvalue weighted by Crippen LogP contribution is 2.38. The number of benzene rings is 3. The summed E-state index contributed by atoms with van der Waals surface area (Å²) in [6, 6.07) is 15.7. The predicted octanol–water partition coefficient (Wildman–Crippen LogP) is 7.27. The van der Waals surface area contributed by atoms with Gasteiger partial charge in [0.2, 0.25) is 0 Å². The molecular weight excluding hydrogens is 524 g/mol. The fourth-order valence-corrected chi connectivity index (χ4v) is 4.24. The van der Waals surface area contributed by atoms with Crippen LogP contribution in [-0.4, -0.2) is 20.4 Å². The molecule has 0 fully saturated rings. The Kier molecular flexibility index (Phi) is 6.26. The van der Waals surface area contributed by atoms with Crippen molar-refractivity contribution in [2.24, 2.45) is 0 Å². The molecule has 3 aromatic carbocycles. The van der Waals surface area contributed by atoms with Crippen molar-refractivity contribution < 1.29 is 5.76 Å². The number of nitrogens with one attached hydrogen (secondary N) is 3. The molecule has 0 aliphatic rings. The number of anilines is 3. The van der Waals surface area contributed by atoms with Crippen LogP contribution in [0.1, 0.15) is 24.2 Å². The highest BCUT2D eigenvalue weighted by molar-refractivity contribution is 6.42. The molecule has 0 aliphatic carbocycles. The second-order valence-electron chi connectivity index (χ2n) is 7.58. The number of nitrogens with zero attached hydrogens (tertiary/aromatic N) is 4. The molecule has 0 saturated heterocycles. The summed E-state index contributed by atoms with van der Waals surface area (Å²) < 4.78 is 24.1. The van der Waals surface area contributed by atoms with Gasteiger partial charge in [-0.1, -0.05) is 65.1 Å². The van der Waals surface area contributed by atoms with Crippen LogP contribution in [-0.2, 0) is 0 Å². The van der Waals surface area contributed by atoms with Crippen LogP contribution in [0.4, 0.5) is 21.5 Å². The number of aromatic nitrogens is 4. The van der Waals surface area contributed by atoms with Crippen molar-refractivity contribution in [2.45, 2.75) is 6.02 Å². The standard InChI is InChI=1S/C25H15Cl3FN7/c26-17-6-7-19(22(29)21(17)28)34-23-14(10-30)11-31-25-16(23)8-15(9-18(25)27)33-24(20-12-32-36-35-20)13-4-2-1-3-5-13/h1-9,11-12,24,33H,(H,31,34)(H,32,35,36)/i24D. The van der Waals surface area contributed by atoms with E-state index < -0.39 is 11.8 Å². The molecule has 1 unspecified atom stereocenters. The third-order valence-corrected chi connectivity index (χ3v) is 6.41. The Balaban J connectivity index is 1.67. The first kappa shape index (κ1) is 22.6. The van der Waals surface area contributed by atoms with Gasteiger partial charge in [-0.15, -0.1) is 0 Å². The summed E-state index contributed by atoms with van der Waals surface area (Å²) in [7, 11) is 0. The minimum atomic E-state index is -1.55. The first-order valence-corrected chi connectivity index (χ1v) is 11.6. The number of pyridine rings is 1. The molecule has 1 atom stereocenters. The summed E-state index contributed by atoms with van der Waals surface area (Å²) in [5, 5.41) is 26.8. The summed E-state index contributed by atoms with van der Waals surface area (Å²) in [6.07, 6.45) is 2.79. The smallest absolute Gasteiger partial charge is 0.166 e. The van der Waals surface area contributed by atoms with E-state index in [0.717, 1.165) is 0 Å². The fraction of sp³-hybridized carbons (Fsp3) is 0.0400. The molecule has 0 aliphatic heterocycles. The fourth-order valence-electron chi connectivity index (χ4n) is 3.66. The molecule has 0 amide bonds. The van der Waals surface area contributed by atoms with Gasteiger partial charge in [-0.25, -0.2) is 4.39 Å². The topological polar surface area (TPSA) is 102 Å². The van der Waals surface area contributed by atoms with E-state index in [9.17, 15) is 11.0 Å². The summed E-state index contributed by atoms with van der Waals surface area (Å²) in [5.74, 6) is -0.774. The number of H-pyrrole nitrogens is 1. The van der Waals surface area contributed by atoms with Crippen LogP contribution < -0.4 is 10.6 Å². The van der Waals surface area contributed by atoms with E-state index in [1.54, 1.807) is 24.3 Å². The SMILES string of the molecule is [2H]C(Nc1cc(Cl)c2ncc(C#N)c(Nc3ccc(Cl)c(Cl)c3F)c2c1)(c1ccccc1)c1cn[nH]n1. The molecule has 0 spiro atoms. The van der Waals surface area contributed by atoms with Crippen molar-refractivity contribution in [2.75, 3.05) is 10.6 Å². The lowest BCUT2D eigenvalue weighted by Crippen LogP contribution is -2.13. The molecule has 0 saturated carbocycles. The number of halogens is 4. The van der Waals surface area contributed by atoms with E-state index in [1.807, 2.05) is 18.2 Å². The molecule has 5 aromatic rings. The lowest BCUT2D eigenvalue weighted by atomic mass is 10.0. The van der Waals surface area contributed by atoms with E-state index in [0.29, 0.717) is 27.8 Å². The molecule has 5 rings (SSSR count). The number of rotatable bonds is 6. The van der Waals surface area contributed by atoms with Gasteiger partial charge >= 0.3 is 0 Å². The van der Waals surface area contributed by atoms with Gasteiger partial charge in [0.15, 0.2) is 5.82 Å². The zero-order valence-corrected chi connectivity index (χ0v) is 20.4. The highest BCUT2D eigenvalue weighted by atomic mass is 35.5. The first-order valence-electron chi connectivity index (χ1n) is 10.9. The third kappa shape index (κ3) is 4.52. The molecule has 11 heteroatoms. The maximum absolute atomic E-state index is 14.9. The second-order valence-corrected chi connectivity index (χ2v) is 8.77. The van der Waals surface area contributed by atoms with Gasteiger partial charge in [-0.05, 0) is 29.8 Å². The number of nitriles is 1. The van der Waals surface area contributed by atoms with Crippen molar-refractivity contribution in [3.8, 4) is 6.07 Å². The molecular formula is C25H15Cl3FN7. The minimum absolute atomic E-state index is 0.00889. The molecule has 36 heavy (non-hydrogen) atoms. The normalized spacial score (nSPS) is 13.0. The Morgan fingerprint density at radius 2 is 1.86 bits per heavy atom. The lowest BCUT2D eigenvalue weighted by molar-refractivity contribution is 0.632. The van der Waals surface area contributed by atoms with Crippen LogP contribution in [0.3, 0.4) is 0 Å². The van der Waals surface area contributed by atoms with Gasteiger partial charge in [0.05, 0.1) is 51.1 Å². The molecule has 7 nitrogen and oxygen atoms in total. The number of hydrogen-bond acceptors (Lipinski definition) is 6. The van der Waals surface area contributed by atoms with Crippen LogP contribution in [0.5, 0.6) is 0 Å². The van der Waals surface area contributed by atoms with E-state index in [-0.39, 0.29) is 32.0 Å².